The second-order valence-electron chi connectivity index (χ2n) is 4.58. The van der Waals surface area contributed by atoms with E-state index in [4.69, 9.17) is 0 Å². The molecule has 0 bridgehead atoms. The van der Waals surface area contributed by atoms with Gasteiger partial charge in [0.05, 0.1) is 6.61 Å². The minimum atomic E-state index is -0.138. The largest absolute Gasteiger partial charge is 0.394 e. The first-order chi connectivity index (χ1) is 8.06. The monoisotopic (exact) mass is 299 g/mol. The highest BCUT2D eigenvalue weighted by Gasteiger charge is 2.23. The molecular weight excluding hydrogens is 278 g/mol. The van der Waals surface area contributed by atoms with Crippen molar-refractivity contribution in [2.24, 2.45) is 0 Å². The van der Waals surface area contributed by atoms with Crippen LogP contribution < -0.4 is 5.32 Å². The van der Waals surface area contributed by atoms with E-state index < -0.39 is 0 Å². The van der Waals surface area contributed by atoms with E-state index in [1.54, 1.807) is 0 Å². The summed E-state index contributed by atoms with van der Waals surface area (Å²) in [6, 6.07) is 6.35. The molecule has 0 saturated heterocycles. The molecular formula is C14H22BrNO. The van der Waals surface area contributed by atoms with Crippen LogP contribution in [0.2, 0.25) is 0 Å². The van der Waals surface area contributed by atoms with Crippen LogP contribution in [0, 0.1) is 6.92 Å². The van der Waals surface area contributed by atoms with E-state index in [2.05, 4.69) is 60.2 Å². The van der Waals surface area contributed by atoms with Crippen LogP contribution in [0.25, 0.3) is 0 Å². The Morgan fingerprint density at radius 3 is 2.41 bits per heavy atom. The van der Waals surface area contributed by atoms with Crippen molar-refractivity contribution in [3.8, 4) is 0 Å². The number of aliphatic hydroxyl groups excluding tert-OH is 1. The lowest BCUT2D eigenvalue weighted by molar-refractivity contribution is 0.149. The summed E-state index contributed by atoms with van der Waals surface area (Å²) in [5.74, 6) is 0. The van der Waals surface area contributed by atoms with E-state index in [0.29, 0.717) is 0 Å². The third kappa shape index (κ3) is 3.80. The van der Waals surface area contributed by atoms with Crippen LogP contribution in [0.4, 0.5) is 0 Å². The average molecular weight is 300 g/mol. The Hall–Kier alpha value is -0.380. The predicted molar refractivity (Wildman–Crippen MR) is 76.1 cm³/mol. The molecule has 0 aromatic heterocycles. The van der Waals surface area contributed by atoms with Crippen molar-refractivity contribution < 1.29 is 5.11 Å². The molecule has 0 amide bonds. The van der Waals surface area contributed by atoms with E-state index in [9.17, 15) is 5.11 Å². The first-order valence-electron chi connectivity index (χ1n) is 6.18. The second-order valence-corrected chi connectivity index (χ2v) is 5.44. The van der Waals surface area contributed by atoms with Gasteiger partial charge in [0.25, 0.3) is 0 Å². The lowest BCUT2D eigenvalue weighted by Gasteiger charge is -2.31. The zero-order chi connectivity index (χ0) is 12.9. The molecule has 0 saturated carbocycles. The molecule has 2 nitrogen and oxygen atoms in total. The molecule has 0 radical (unpaired) electrons. The van der Waals surface area contributed by atoms with Gasteiger partial charge < -0.3 is 10.4 Å². The number of nitrogens with one attached hydrogen (secondary N) is 1. The van der Waals surface area contributed by atoms with E-state index in [1.807, 2.05) is 0 Å². The van der Waals surface area contributed by atoms with Crippen LogP contribution in [-0.4, -0.2) is 17.3 Å². The molecule has 17 heavy (non-hydrogen) atoms. The Bertz CT molecular complexity index is 353. The molecule has 0 aliphatic heterocycles. The van der Waals surface area contributed by atoms with Gasteiger partial charge in [-0.1, -0.05) is 41.9 Å². The highest BCUT2D eigenvalue weighted by Crippen LogP contribution is 2.19. The van der Waals surface area contributed by atoms with Crippen molar-refractivity contribution >= 4 is 15.9 Å². The van der Waals surface area contributed by atoms with Crippen molar-refractivity contribution in [3.63, 3.8) is 0 Å². The molecule has 0 spiro atoms. The molecule has 0 aliphatic carbocycles. The van der Waals surface area contributed by atoms with Gasteiger partial charge in [-0.25, -0.2) is 0 Å². The van der Waals surface area contributed by atoms with Crippen LogP contribution >= 0.6 is 15.9 Å². The smallest absolute Gasteiger partial charge is 0.0613 e. The Morgan fingerprint density at radius 1 is 1.29 bits per heavy atom. The summed E-state index contributed by atoms with van der Waals surface area (Å²) in [4.78, 5) is 0. The van der Waals surface area contributed by atoms with Gasteiger partial charge in [0.15, 0.2) is 0 Å². The van der Waals surface area contributed by atoms with Crippen molar-refractivity contribution in [2.75, 3.05) is 6.61 Å². The summed E-state index contributed by atoms with van der Waals surface area (Å²) in [5, 5.41) is 13.0. The van der Waals surface area contributed by atoms with Gasteiger partial charge in [-0.05, 0) is 37.0 Å². The molecule has 2 N–H and O–H groups in total. The zero-order valence-corrected chi connectivity index (χ0v) is 12.5. The summed E-state index contributed by atoms with van der Waals surface area (Å²) in [6.07, 6.45) is 1.88. The number of aryl methyl sites for hydroxylation is 1. The highest BCUT2D eigenvalue weighted by molar-refractivity contribution is 9.10. The third-order valence-electron chi connectivity index (χ3n) is 3.55. The van der Waals surface area contributed by atoms with Crippen LogP contribution in [0.15, 0.2) is 22.7 Å². The van der Waals surface area contributed by atoms with Crippen LogP contribution in [0.5, 0.6) is 0 Å². The molecule has 0 aliphatic rings. The molecule has 1 aromatic rings. The molecule has 1 aromatic carbocycles. The Labute approximate surface area is 113 Å². The minimum Gasteiger partial charge on any atom is -0.394 e. The van der Waals surface area contributed by atoms with Crippen LogP contribution in [-0.2, 0) is 6.54 Å². The van der Waals surface area contributed by atoms with Gasteiger partial charge in [0.1, 0.15) is 0 Å². The van der Waals surface area contributed by atoms with E-state index >= 15 is 0 Å². The molecule has 0 atom stereocenters. The SMILES string of the molecule is CCC(CC)(CO)NCc1ccc(Br)c(C)c1. The van der Waals surface area contributed by atoms with Gasteiger partial charge in [-0.2, -0.15) is 0 Å². The molecule has 3 heteroatoms. The number of hydrogen-bond donors (Lipinski definition) is 2. The topological polar surface area (TPSA) is 32.3 Å². The van der Waals surface area contributed by atoms with Gasteiger partial charge in [0, 0.05) is 16.6 Å². The molecule has 0 heterocycles. The fraction of sp³-hybridized carbons (Fsp3) is 0.571. The van der Waals surface area contributed by atoms with Gasteiger partial charge in [-0.3, -0.25) is 0 Å². The number of hydrogen-bond acceptors (Lipinski definition) is 2. The number of rotatable bonds is 6. The Balaban J connectivity index is 2.68. The summed E-state index contributed by atoms with van der Waals surface area (Å²) in [7, 11) is 0. The first kappa shape index (κ1) is 14.7. The summed E-state index contributed by atoms with van der Waals surface area (Å²) < 4.78 is 1.14. The van der Waals surface area contributed by atoms with Crippen LogP contribution in [0.1, 0.15) is 37.8 Å². The van der Waals surface area contributed by atoms with Crippen molar-refractivity contribution in [2.45, 2.75) is 45.7 Å². The van der Waals surface area contributed by atoms with Crippen LogP contribution in [0.3, 0.4) is 0 Å². The summed E-state index contributed by atoms with van der Waals surface area (Å²) >= 11 is 3.50. The third-order valence-corrected chi connectivity index (χ3v) is 4.44. The molecule has 0 fully saturated rings. The molecule has 0 unspecified atom stereocenters. The highest BCUT2D eigenvalue weighted by atomic mass is 79.9. The van der Waals surface area contributed by atoms with E-state index in [0.717, 1.165) is 23.9 Å². The van der Waals surface area contributed by atoms with Gasteiger partial charge in [0.2, 0.25) is 0 Å². The van der Waals surface area contributed by atoms with E-state index in [1.165, 1.54) is 11.1 Å². The maximum absolute atomic E-state index is 9.48. The number of halogens is 1. The Morgan fingerprint density at radius 2 is 1.94 bits per heavy atom. The Kier molecular flexibility index (Phi) is 5.63. The van der Waals surface area contributed by atoms with Crippen molar-refractivity contribution in [1.29, 1.82) is 0 Å². The normalized spacial score (nSPS) is 11.8. The molecule has 96 valence electrons. The summed E-state index contributed by atoms with van der Waals surface area (Å²) in [6.45, 7) is 7.30. The van der Waals surface area contributed by atoms with Gasteiger partial charge in [-0.15, -0.1) is 0 Å². The van der Waals surface area contributed by atoms with Crippen molar-refractivity contribution in [3.05, 3.63) is 33.8 Å². The fourth-order valence-electron chi connectivity index (χ4n) is 1.89. The number of aliphatic hydroxyl groups is 1. The van der Waals surface area contributed by atoms with E-state index in [-0.39, 0.29) is 12.1 Å². The van der Waals surface area contributed by atoms with Gasteiger partial charge >= 0.3 is 0 Å². The quantitative estimate of drug-likeness (QED) is 0.844. The lowest BCUT2D eigenvalue weighted by atomic mass is 9.93. The van der Waals surface area contributed by atoms with Crippen molar-refractivity contribution in [1.82, 2.24) is 5.32 Å². The second kappa shape index (κ2) is 6.53. The average Bonchev–Trinajstić information content (AvgIpc) is 2.36. The maximum Gasteiger partial charge on any atom is 0.0613 e. The fourth-order valence-corrected chi connectivity index (χ4v) is 2.13. The molecule has 1 rings (SSSR count). The summed E-state index contributed by atoms with van der Waals surface area (Å²) in [5.41, 5.74) is 2.36. The zero-order valence-electron chi connectivity index (χ0n) is 10.9. The predicted octanol–water partition coefficient (Wildman–Crippen LogP) is 3.40. The standard InChI is InChI=1S/C14H22BrNO/c1-4-14(5-2,10-17)16-9-12-6-7-13(15)11(3)8-12/h6-8,16-17H,4-5,9-10H2,1-3H3. The lowest BCUT2D eigenvalue weighted by Crippen LogP contribution is -2.47. The minimum absolute atomic E-state index is 0.138. The maximum atomic E-state index is 9.48. The first-order valence-corrected chi connectivity index (χ1v) is 6.97. The number of benzene rings is 1.